The fourth-order valence-corrected chi connectivity index (χ4v) is 1.88. The van der Waals surface area contributed by atoms with Crippen molar-refractivity contribution < 1.29 is 0 Å². The second-order valence-corrected chi connectivity index (χ2v) is 4.13. The third kappa shape index (κ3) is 3.40. The van der Waals surface area contributed by atoms with Gasteiger partial charge in [0.05, 0.1) is 0 Å². The number of aryl methyl sites for hydroxylation is 2. The second kappa shape index (κ2) is 6.55. The van der Waals surface area contributed by atoms with Gasteiger partial charge < -0.3 is 10.2 Å². The first-order chi connectivity index (χ1) is 8.13. The summed E-state index contributed by atoms with van der Waals surface area (Å²) in [6, 6.07) is 0. The Bertz CT molecular complexity index is 335. The summed E-state index contributed by atoms with van der Waals surface area (Å²) in [6.07, 6.45) is 0. The lowest BCUT2D eigenvalue weighted by atomic mass is 10.1. The van der Waals surface area contributed by atoms with E-state index in [2.05, 4.69) is 54.8 Å². The number of nitrogens with zero attached hydrogens (tertiary/aromatic N) is 3. The average molecular weight is 236 g/mol. The molecule has 4 nitrogen and oxygen atoms in total. The van der Waals surface area contributed by atoms with Crippen LogP contribution in [0.4, 0.5) is 5.95 Å². The highest BCUT2D eigenvalue weighted by Gasteiger charge is 2.11. The molecule has 0 bridgehead atoms. The Hall–Kier alpha value is -1.16. The minimum Gasteiger partial charge on any atom is -0.341 e. The van der Waals surface area contributed by atoms with E-state index in [4.69, 9.17) is 0 Å². The van der Waals surface area contributed by atoms with Crippen LogP contribution in [0, 0.1) is 13.8 Å². The summed E-state index contributed by atoms with van der Waals surface area (Å²) in [5.74, 6) is 0.852. The van der Waals surface area contributed by atoms with Gasteiger partial charge in [-0.2, -0.15) is 0 Å². The molecule has 1 heterocycles. The molecule has 0 atom stereocenters. The van der Waals surface area contributed by atoms with Crippen molar-refractivity contribution in [3.05, 3.63) is 17.0 Å². The number of aromatic nitrogens is 2. The Morgan fingerprint density at radius 2 is 1.53 bits per heavy atom. The van der Waals surface area contributed by atoms with Crippen molar-refractivity contribution in [1.82, 2.24) is 15.3 Å². The molecule has 1 rings (SSSR count). The number of rotatable bonds is 6. The van der Waals surface area contributed by atoms with Gasteiger partial charge in [-0.15, -0.1) is 0 Å². The molecule has 0 radical (unpaired) electrons. The van der Waals surface area contributed by atoms with Crippen molar-refractivity contribution >= 4 is 5.95 Å². The maximum atomic E-state index is 4.60. The SMILES string of the molecule is CCNCc1c(C)nc(N(CC)CC)nc1C. The van der Waals surface area contributed by atoms with Crippen LogP contribution in [0.5, 0.6) is 0 Å². The first kappa shape index (κ1) is 13.9. The molecule has 0 aromatic carbocycles. The van der Waals surface area contributed by atoms with Gasteiger partial charge in [0, 0.05) is 36.6 Å². The van der Waals surface area contributed by atoms with Gasteiger partial charge in [-0.05, 0) is 34.2 Å². The minimum atomic E-state index is 0.852. The van der Waals surface area contributed by atoms with Gasteiger partial charge in [0.15, 0.2) is 0 Å². The Labute approximate surface area is 104 Å². The first-order valence-electron chi connectivity index (χ1n) is 6.43. The smallest absolute Gasteiger partial charge is 0.225 e. The maximum absolute atomic E-state index is 4.60. The molecule has 0 fully saturated rings. The van der Waals surface area contributed by atoms with E-state index in [0.717, 1.165) is 43.5 Å². The number of anilines is 1. The van der Waals surface area contributed by atoms with Gasteiger partial charge in [0.2, 0.25) is 5.95 Å². The standard InChI is InChI=1S/C13H24N4/c1-6-14-9-12-10(4)15-13(16-11(12)5)17(7-2)8-3/h14H,6-9H2,1-5H3. The normalized spacial score (nSPS) is 10.6. The van der Waals surface area contributed by atoms with Gasteiger partial charge in [-0.3, -0.25) is 0 Å². The van der Waals surface area contributed by atoms with Crippen molar-refractivity contribution in [2.24, 2.45) is 0 Å². The van der Waals surface area contributed by atoms with Crippen LogP contribution >= 0.6 is 0 Å². The zero-order chi connectivity index (χ0) is 12.8. The second-order valence-electron chi connectivity index (χ2n) is 4.13. The summed E-state index contributed by atoms with van der Waals surface area (Å²) in [5, 5.41) is 3.33. The summed E-state index contributed by atoms with van der Waals surface area (Å²) < 4.78 is 0. The third-order valence-electron chi connectivity index (χ3n) is 3.01. The van der Waals surface area contributed by atoms with E-state index >= 15 is 0 Å². The number of hydrogen-bond acceptors (Lipinski definition) is 4. The fraction of sp³-hybridized carbons (Fsp3) is 0.692. The number of nitrogens with one attached hydrogen (secondary N) is 1. The molecule has 0 unspecified atom stereocenters. The van der Waals surface area contributed by atoms with Crippen molar-refractivity contribution in [1.29, 1.82) is 0 Å². The van der Waals surface area contributed by atoms with Gasteiger partial charge in [0.1, 0.15) is 0 Å². The predicted octanol–water partition coefficient (Wildman–Crippen LogP) is 2.05. The van der Waals surface area contributed by atoms with Crippen LogP contribution < -0.4 is 10.2 Å². The average Bonchev–Trinajstić information content (AvgIpc) is 2.30. The van der Waals surface area contributed by atoms with E-state index in [9.17, 15) is 0 Å². The summed E-state index contributed by atoms with van der Waals surface area (Å²) in [6.45, 7) is 14.2. The Balaban J connectivity index is 2.99. The molecule has 1 aromatic heterocycles. The van der Waals surface area contributed by atoms with Crippen LogP contribution in [-0.4, -0.2) is 29.6 Å². The van der Waals surface area contributed by atoms with Crippen molar-refractivity contribution in [2.75, 3.05) is 24.5 Å². The van der Waals surface area contributed by atoms with E-state index in [1.807, 2.05) is 0 Å². The van der Waals surface area contributed by atoms with Crippen molar-refractivity contribution in [2.45, 2.75) is 41.2 Å². The topological polar surface area (TPSA) is 41.1 Å². The molecule has 0 amide bonds. The number of hydrogen-bond donors (Lipinski definition) is 1. The predicted molar refractivity (Wildman–Crippen MR) is 72.4 cm³/mol. The van der Waals surface area contributed by atoms with E-state index in [-0.39, 0.29) is 0 Å². The summed E-state index contributed by atoms with van der Waals surface area (Å²) >= 11 is 0. The molecule has 0 aliphatic rings. The Kier molecular flexibility index (Phi) is 5.35. The zero-order valence-electron chi connectivity index (χ0n) is 11.7. The quantitative estimate of drug-likeness (QED) is 0.820. The molecule has 1 N–H and O–H groups in total. The molecule has 1 aromatic rings. The lowest BCUT2D eigenvalue weighted by Crippen LogP contribution is -2.25. The van der Waals surface area contributed by atoms with Crippen molar-refractivity contribution in [3.8, 4) is 0 Å². The highest BCUT2D eigenvalue weighted by Crippen LogP contribution is 2.15. The molecule has 17 heavy (non-hydrogen) atoms. The van der Waals surface area contributed by atoms with Gasteiger partial charge in [-0.25, -0.2) is 9.97 Å². The molecular formula is C13H24N4. The molecule has 0 spiro atoms. The molecule has 4 heteroatoms. The van der Waals surface area contributed by atoms with Crippen LogP contribution in [0.3, 0.4) is 0 Å². The fourth-order valence-electron chi connectivity index (χ4n) is 1.88. The summed E-state index contributed by atoms with van der Waals surface area (Å²) in [7, 11) is 0. The molecule has 0 saturated carbocycles. The van der Waals surface area contributed by atoms with Crippen LogP contribution in [0.2, 0.25) is 0 Å². The molecule has 0 aliphatic carbocycles. The summed E-state index contributed by atoms with van der Waals surface area (Å²) in [5.41, 5.74) is 3.39. The van der Waals surface area contributed by atoms with Crippen molar-refractivity contribution in [3.63, 3.8) is 0 Å². The Morgan fingerprint density at radius 1 is 1.00 bits per heavy atom. The molecule has 96 valence electrons. The minimum absolute atomic E-state index is 0.852. The highest BCUT2D eigenvalue weighted by atomic mass is 15.2. The van der Waals surface area contributed by atoms with Crippen LogP contribution in [0.1, 0.15) is 37.7 Å². The monoisotopic (exact) mass is 236 g/mol. The lowest BCUT2D eigenvalue weighted by molar-refractivity contribution is 0.706. The van der Waals surface area contributed by atoms with E-state index in [0.29, 0.717) is 0 Å². The van der Waals surface area contributed by atoms with E-state index in [1.165, 1.54) is 5.56 Å². The largest absolute Gasteiger partial charge is 0.341 e. The summed E-state index contributed by atoms with van der Waals surface area (Å²) in [4.78, 5) is 11.4. The highest BCUT2D eigenvalue weighted by molar-refractivity contribution is 5.36. The Morgan fingerprint density at radius 3 is 1.94 bits per heavy atom. The van der Waals surface area contributed by atoms with Gasteiger partial charge >= 0.3 is 0 Å². The zero-order valence-corrected chi connectivity index (χ0v) is 11.7. The maximum Gasteiger partial charge on any atom is 0.225 e. The molecular weight excluding hydrogens is 212 g/mol. The van der Waals surface area contributed by atoms with Crippen LogP contribution in [0.25, 0.3) is 0 Å². The van der Waals surface area contributed by atoms with Crippen LogP contribution in [-0.2, 0) is 6.54 Å². The van der Waals surface area contributed by atoms with Gasteiger partial charge in [-0.1, -0.05) is 6.92 Å². The molecule has 0 aliphatic heterocycles. The lowest BCUT2D eigenvalue weighted by Gasteiger charge is -2.20. The molecule has 0 saturated heterocycles. The third-order valence-corrected chi connectivity index (χ3v) is 3.01. The van der Waals surface area contributed by atoms with E-state index < -0.39 is 0 Å². The first-order valence-corrected chi connectivity index (χ1v) is 6.43. The van der Waals surface area contributed by atoms with E-state index in [1.54, 1.807) is 0 Å². The van der Waals surface area contributed by atoms with Gasteiger partial charge in [0.25, 0.3) is 0 Å². The van der Waals surface area contributed by atoms with Crippen LogP contribution in [0.15, 0.2) is 0 Å².